The van der Waals surface area contributed by atoms with Gasteiger partial charge in [-0.2, -0.15) is 0 Å². The van der Waals surface area contributed by atoms with Gasteiger partial charge in [0.1, 0.15) is 10.8 Å². The zero-order valence-corrected chi connectivity index (χ0v) is 16.2. The van der Waals surface area contributed by atoms with Crippen LogP contribution in [0.15, 0.2) is 42.5 Å². The van der Waals surface area contributed by atoms with Crippen LogP contribution in [0.1, 0.15) is 20.9 Å². The van der Waals surface area contributed by atoms with Gasteiger partial charge in [0.15, 0.2) is 0 Å². The van der Waals surface area contributed by atoms with Crippen LogP contribution in [-0.4, -0.2) is 23.2 Å². The lowest BCUT2D eigenvalue weighted by Crippen LogP contribution is -2.12. The van der Waals surface area contributed by atoms with Crippen LogP contribution in [0.4, 0.5) is 5.13 Å². The Bertz CT molecular complexity index is 893. The van der Waals surface area contributed by atoms with Gasteiger partial charge >= 0.3 is 0 Å². The molecule has 1 aromatic heterocycles. The van der Waals surface area contributed by atoms with Crippen LogP contribution >= 0.6 is 34.5 Å². The Kier molecular flexibility index (Phi) is 6.08. The molecule has 5 nitrogen and oxygen atoms in total. The molecule has 3 rings (SSSR count). The minimum atomic E-state index is -0.404. The average molecular weight is 408 g/mol. The van der Waals surface area contributed by atoms with Gasteiger partial charge in [-0.25, -0.2) is 0 Å². The molecule has 0 bridgehead atoms. The number of benzene rings is 2. The van der Waals surface area contributed by atoms with E-state index in [1.807, 2.05) is 24.3 Å². The zero-order chi connectivity index (χ0) is 18.5. The second kappa shape index (κ2) is 8.49. The summed E-state index contributed by atoms with van der Waals surface area (Å²) in [7, 11) is 1.64. The molecule has 0 aliphatic rings. The van der Waals surface area contributed by atoms with Crippen molar-refractivity contribution in [3.63, 3.8) is 0 Å². The number of carbonyl (C=O) groups is 1. The monoisotopic (exact) mass is 407 g/mol. The first kappa shape index (κ1) is 18.6. The van der Waals surface area contributed by atoms with Crippen molar-refractivity contribution < 1.29 is 9.53 Å². The summed E-state index contributed by atoms with van der Waals surface area (Å²) in [5, 5.41) is 12.7. The van der Waals surface area contributed by atoms with Crippen LogP contribution in [0.3, 0.4) is 0 Å². The first-order valence-corrected chi connectivity index (χ1v) is 9.34. The summed E-state index contributed by atoms with van der Waals surface area (Å²) in [6.07, 6.45) is 1.55. The number of nitrogens with one attached hydrogen (secondary N) is 1. The van der Waals surface area contributed by atoms with E-state index >= 15 is 0 Å². The van der Waals surface area contributed by atoms with Crippen LogP contribution in [0, 0.1) is 0 Å². The van der Waals surface area contributed by atoms with Crippen LogP contribution in [0.5, 0.6) is 5.75 Å². The van der Waals surface area contributed by atoms with E-state index in [0.29, 0.717) is 15.2 Å². The van der Waals surface area contributed by atoms with Gasteiger partial charge in [0.05, 0.1) is 22.7 Å². The van der Waals surface area contributed by atoms with Crippen molar-refractivity contribution in [3.8, 4) is 5.75 Å². The van der Waals surface area contributed by atoms with Gasteiger partial charge in [0, 0.05) is 6.42 Å². The third-order valence-corrected chi connectivity index (χ3v) is 5.19. The number of halogens is 2. The highest BCUT2D eigenvalue weighted by Crippen LogP contribution is 2.26. The van der Waals surface area contributed by atoms with E-state index in [1.54, 1.807) is 25.3 Å². The van der Waals surface area contributed by atoms with Crippen LogP contribution in [-0.2, 0) is 12.8 Å². The third kappa shape index (κ3) is 4.52. The third-order valence-electron chi connectivity index (χ3n) is 3.66. The van der Waals surface area contributed by atoms with Crippen molar-refractivity contribution in [1.82, 2.24) is 10.2 Å². The lowest BCUT2D eigenvalue weighted by Gasteiger charge is -2.05. The van der Waals surface area contributed by atoms with Gasteiger partial charge in [-0.15, -0.1) is 10.2 Å². The normalized spacial score (nSPS) is 10.6. The van der Waals surface area contributed by atoms with E-state index in [0.717, 1.165) is 23.6 Å². The summed E-state index contributed by atoms with van der Waals surface area (Å²) in [5.41, 5.74) is 1.40. The molecule has 0 saturated carbocycles. The Labute approximate surface area is 164 Å². The number of aromatic nitrogens is 2. The van der Waals surface area contributed by atoms with Crippen molar-refractivity contribution in [3.05, 3.63) is 68.6 Å². The Hall–Kier alpha value is -2.15. The summed E-state index contributed by atoms with van der Waals surface area (Å²) in [6, 6.07) is 12.8. The smallest absolute Gasteiger partial charge is 0.260 e. The van der Waals surface area contributed by atoms with Gasteiger partial charge in [-0.05, 0) is 36.2 Å². The van der Waals surface area contributed by atoms with E-state index in [2.05, 4.69) is 15.5 Å². The van der Waals surface area contributed by atoms with E-state index in [1.165, 1.54) is 16.9 Å². The maximum absolute atomic E-state index is 12.4. The van der Waals surface area contributed by atoms with Gasteiger partial charge < -0.3 is 4.74 Å². The molecule has 0 atom stereocenters. The van der Waals surface area contributed by atoms with E-state index < -0.39 is 5.91 Å². The van der Waals surface area contributed by atoms with E-state index in [-0.39, 0.29) is 5.56 Å². The average Bonchev–Trinajstić information content (AvgIpc) is 3.07. The molecule has 26 heavy (non-hydrogen) atoms. The number of methoxy groups -OCH3 is 1. The summed E-state index contributed by atoms with van der Waals surface area (Å²) >= 11 is 13.4. The molecule has 2 aromatic carbocycles. The second-order valence-corrected chi connectivity index (χ2v) is 7.28. The second-order valence-electron chi connectivity index (χ2n) is 5.40. The van der Waals surface area contributed by atoms with Crippen LogP contribution < -0.4 is 10.1 Å². The molecule has 1 heterocycles. The molecule has 0 aliphatic carbocycles. The maximum Gasteiger partial charge on any atom is 0.260 e. The van der Waals surface area contributed by atoms with Gasteiger partial charge in [0.2, 0.25) is 5.13 Å². The van der Waals surface area contributed by atoms with E-state index in [9.17, 15) is 4.79 Å². The summed E-state index contributed by atoms with van der Waals surface area (Å²) in [4.78, 5) is 12.4. The lowest BCUT2D eigenvalue weighted by atomic mass is 10.1. The fraction of sp³-hybridized carbons (Fsp3) is 0.167. The first-order chi connectivity index (χ1) is 12.6. The summed E-state index contributed by atoms with van der Waals surface area (Å²) in [6.45, 7) is 0. The van der Waals surface area contributed by atoms with Crippen molar-refractivity contribution >= 4 is 45.6 Å². The highest BCUT2D eigenvalue weighted by molar-refractivity contribution is 7.15. The summed E-state index contributed by atoms with van der Waals surface area (Å²) < 4.78 is 5.15. The fourth-order valence-electron chi connectivity index (χ4n) is 2.32. The Morgan fingerprint density at radius 3 is 2.42 bits per heavy atom. The maximum atomic E-state index is 12.4. The minimum Gasteiger partial charge on any atom is -0.497 e. The number of hydrogen-bond acceptors (Lipinski definition) is 5. The number of ether oxygens (including phenoxy) is 1. The molecule has 0 fully saturated rings. The number of aryl methyl sites for hydroxylation is 2. The molecule has 8 heteroatoms. The Morgan fingerprint density at radius 2 is 1.77 bits per heavy atom. The number of amides is 1. The molecule has 134 valence electrons. The highest BCUT2D eigenvalue weighted by atomic mass is 35.5. The van der Waals surface area contributed by atoms with Crippen LogP contribution in [0.25, 0.3) is 0 Å². The largest absolute Gasteiger partial charge is 0.497 e. The van der Waals surface area contributed by atoms with Gasteiger partial charge in [0.25, 0.3) is 5.91 Å². The number of anilines is 1. The van der Waals surface area contributed by atoms with Gasteiger partial charge in [-0.3, -0.25) is 10.1 Å². The first-order valence-electron chi connectivity index (χ1n) is 7.77. The van der Waals surface area contributed by atoms with Crippen molar-refractivity contribution in [2.45, 2.75) is 12.8 Å². The number of carbonyl (C=O) groups excluding carboxylic acids is 1. The Morgan fingerprint density at radius 1 is 1.08 bits per heavy atom. The SMILES string of the molecule is COc1ccc(CCc2nnc(NC(=O)c3c(Cl)cccc3Cl)s2)cc1. The highest BCUT2D eigenvalue weighted by Gasteiger charge is 2.16. The lowest BCUT2D eigenvalue weighted by molar-refractivity contribution is 0.102. The molecule has 0 saturated heterocycles. The predicted octanol–water partition coefficient (Wildman–Crippen LogP) is 4.89. The fourth-order valence-corrected chi connectivity index (χ4v) is 3.63. The molecule has 0 aliphatic heterocycles. The number of nitrogens with zero attached hydrogens (tertiary/aromatic N) is 2. The summed E-state index contributed by atoms with van der Waals surface area (Å²) in [5.74, 6) is 0.423. The van der Waals surface area contributed by atoms with Gasteiger partial charge in [-0.1, -0.05) is 52.7 Å². The molecule has 0 spiro atoms. The molecule has 1 N–H and O–H groups in total. The zero-order valence-electron chi connectivity index (χ0n) is 13.8. The minimum absolute atomic E-state index is 0.228. The molecule has 0 radical (unpaired) electrons. The number of hydrogen-bond donors (Lipinski definition) is 1. The predicted molar refractivity (Wildman–Crippen MR) is 105 cm³/mol. The molecule has 1 amide bonds. The molecule has 3 aromatic rings. The van der Waals surface area contributed by atoms with Crippen molar-refractivity contribution in [1.29, 1.82) is 0 Å². The standard InChI is InChI=1S/C18H15Cl2N3O2S/c1-25-12-8-5-11(6-9-12)7-10-15-22-23-18(26-15)21-17(24)16-13(19)3-2-4-14(16)20/h2-6,8-9H,7,10H2,1H3,(H,21,23,24). The van der Waals surface area contributed by atoms with E-state index in [4.69, 9.17) is 27.9 Å². The van der Waals surface area contributed by atoms with Crippen LogP contribution in [0.2, 0.25) is 10.0 Å². The topological polar surface area (TPSA) is 64.1 Å². The Balaban J connectivity index is 1.61. The number of rotatable bonds is 6. The quantitative estimate of drug-likeness (QED) is 0.631. The van der Waals surface area contributed by atoms with Crippen molar-refractivity contribution in [2.75, 3.05) is 12.4 Å². The molecule has 0 unspecified atom stereocenters. The molecular formula is C18H15Cl2N3O2S. The van der Waals surface area contributed by atoms with Crippen molar-refractivity contribution in [2.24, 2.45) is 0 Å². The molecular weight excluding hydrogens is 393 g/mol.